The van der Waals surface area contributed by atoms with E-state index in [0.29, 0.717) is 0 Å². The van der Waals surface area contributed by atoms with Gasteiger partial charge in [0, 0.05) is 0 Å². The summed E-state index contributed by atoms with van der Waals surface area (Å²) in [6, 6.07) is 0. The first-order valence-electron chi connectivity index (χ1n) is 3.52. The van der Waals surface area contributed by atoms with Crippen LogP contribution >= 0.6 is 0 Å². The fourth-order valence-corrected chi connectivity index (χ4v) is 4.34. The predicted octanol–water partition coefficient (Wildman–Crippen LogP) is 0.326. The van der Waals surface area contributed by atoms with E-state index < -0.39 is 31.6 Å². The first-order valence-corrected chi connectivity index (χ1v) is 5.73. The van der Waals surface area contributed by atoms with E-state index in [4.69, 9.17) is 0 Å². The van der Waals surface area contributed by atoms with Gasteiger partial charge in [-0.3, -0.25) is 0 Å². The van der Waals surface area contributed by atoms with Gasteiger partial charge in [0.2, 0.25) is 0 Å². The Balaban J connectivity index is 5.60. The van der Waals surface area contributed by atoms with Gasteiger partial charge in [-0.25, -0.2) is 0 Å². The maximum absolute atomic E-state index is 11.2. The molecule has 0 unspecified atom stereocenters. The molecule has 0 fully saturated rings. The number of rotatable bonds is 4. The SMILES string of the molecule is C[C](=O)[Fe]([C](C)=O)([C](C)=O)[C](C)=O. The molecular weight excluding hydrogens is 216 g/mol. The van der Waals surface area contributed by atoms with E-state index in [9.17, 15) is 19.2 Å². The summed E-state index contributed by atoms with van der Waals surface area (Å²) >= 11 is -3.50. The van der Waals surface area contributed by atoms with Crippen LogP contribution in [0.25, 0.3) is 0 Å². The van der Waals surface area contributed by atoms with Crippen molar-refractivity contribution in [2.24, 2.45) is 0 Å². The van der Waals surface area contributed by atoms with E-state index >= 15 is 0 Å². The number of carbonyl (C=O) groups is 4. The van der Waals surface area contributed by atoms with Crippen LogP contribution in [0.2, 0.25) is 0 Å². The predicted molar refractivity (Wildman–Crippen MR) is 42.7 cm³/mol. The fraction of sp³-hybridized carbons (Fsp3) is 0.500. The Labute approximate surface area is 78.9 Å². The summed E-state index contributed by atoms with van der Waals surface area (Å²) in [5.74, 6) is 0. The van der Waals surface area contributed by atoms with Crippen LogP contribution in [0.5, 0.6) is 0 Å². The molecule has 0 aromatic rings. The molecule has 0 heterocycles. The zero-order valence-corrected chi connectivity index (χ0v) is 9.09. The second-order valence-electron chi connectivity index (χ2n) is 2.34. The van der Waals surface area contributed by atoms with E-state index in [2.05, 4.69) is 0 Å². The van der Waals surface area contributed by atoms with Gasteiger partial charge in [0.1, 0.15) is 0 Å². The molecule has 0 saturated carbocycles. The number of hydrogen-bond donors (Lipinski definition) is 0. The first kappa shape index (κ1) is 12.2. The summed E-state index contributed by atoms with van der Waals surface area (Å²) in [5.41, 5.74) is 0. The third-order valence-electron chi connectivity index (χ3n) is 1.49. The second kappa shape index (κ2) is 3.94. The molecule has 0 aliphatic rings. The number of carbonyl (C=O) groups excluding carboxylic acids is 4. The summed E-state index contributed by atoms with van der Waals surface area (Å²) < 4.78 is -2.33. The Kier molecular flexibility index (Phi) is 3.70. The summed E-state index contributed by atoms with van der Waals surface area (Å²) in [7, 11) is 0. The molecule has 0 amide bonds. The van der Waals surface area contributed by atoms with Gasteiger partial charge in [0.05, 0.1) is 0 Å². The summed E-state index contributed by atoms with van der Waals surface area (Å²) in [6.45, 7) is 4.52. The Morgan fingerprint density at radius 1 is 0.615 bits per heavy atom. The van der Waals surface area contributed by atoms with E-state index in [-0.39, 0.29) is 0 Å². The minimum atomic E-state index is -3.50. The Morgan fingerprint density at radius 2 is 0.769 bits per heavy atom. The van der Waals surface area contributed by atoms with Crippen LogP contribution in [-0.2, 0) is 32.0 Å². The molecule has 76 valence electrons. The van der Waals surface area contributed by atoms with Gasteiger partial charge in [-0.1, -0.05) is 0 Å². The van der Waals surface area contributed by atoms with E-state index in [1.54, 1.807) is 0 Å². The van der Waals surface area contributed by atoms with E-state index in [1.165, 1.54) is 0 Å². The Hall–Kier alpha value is -0.801. The van der Waals surface area contributed by atoms with Gasteiger partial charge in [-0.05, 0) is 0 Å². The normalized spacial score (nSPS) is 12.0. The van der Waals surface area contributed by atoms with Crippen molar-refractivity contribution >= 4 is 18.7 Å². The van der Waals surface area contributed by atoms with E-state index in [1.807, 2.05) is 0 Å². The Morgan fingerprint density at radius 3 is 0.769 bits per heavy atom. The van der Waals surface area contributed by atoms with E-state index in [0.717, 1.165) is 27.7 Å². The summed E-state index contributed by atoms with van der Waals surface area (Å²) in [5, 5.41) is 0. The average Bonchev–Trinajstić information content (AvgIpc) is 1.82. The molecule has 0 spiro atoms. The minimum absolute atomic E-state index is 0.583. The molecular formula is C8H12FeO4. The van der Waals surface area contributed by atoms with Crippen molar-refractivity contribution in [2.75, 3.05) is 0 Å². The van der Waals surface area contributed by atoms with Crippen molar-refractivity contribution in [1.29, 1.82) is 0 Å². The third kappa shape index (κ3) is 1.76. The van der Waals surface area contributed by atoms with Crippen LogP contribution < -0.4 is 0 Å². The van der Waals surface area contributed by atoms with Gasteiger partial charge in [-0.2, -0.15) is 0 Å². The zero-order chi connectivity index (χ0) is 10.8. The van der Waals surface area contributed by atoms with Gasteiger partial charge < -0.3 is 0 Å². The van der Waals surface area contributed by atoms with Crippen LogP contribution in [0, 0.1) is 0 Å². The average molecular weight is 228 g/mol. The zero-order valence-electron chi connectivity index (χ0n) is 7.99. The van der Waals surface area contributed by atoms with Crippen molar-refractivity contribution in [2.45, 2.75) is 27.7 Å². The molecule has 13 heavy (non-hydrogen) atoms. The van der Waals surface area contributed by atoms with Crippen LogP contribution in [-0.4, -0.2) is 18.7 Å². The first-order chi connectivity index (χ1) is 5.77. The third-order valence-corrected chi connectivity index (χ3v) is 6.16. The quantitative estimate of drug-likeness (QED) is 0.650. The van der Waals surface area contributed by atoms with Crippen LogP contribution in [0.3, 0.4) is 0 Å². The van der Waals surface area contributed by atoms with Gasteiger partial charge in [-0.15, -0.1) is 0 Å². The van der Waals surface area contributed by atoms with Gasteiger partial charge >= 0.3 is 78.4 Å². The standard InChI is InChI=1S/4C2H3O.Fe/c4*1-2-3;/h4*1H3;. The van der Waals surface area contributed by atoms with Crippen LogP contribution in [0.1, 0.15) is 27.7 Å². The monoisotopic (exact) mass is 228 g/mol. The van der Waals surface area contributed by atoms with Gasteiger partial charge in [0.25, 0.3) is 0 Å². The van der Waals surface area contributed by atoms with Crippen molar-refractivity contribution in [3.8, 4) is 0 Å². The van der Waals surface area contributed by atoms with Crippen molar-refractivity contribution in [1.82, 2.24) is 0 Å². The fourth-order valence-electron chi connectivity index (χ4n) is 1.05. The molecule has 5 heteroatoms. The topological polar surface area (TPSA) is 68.3 Å². The van der Waals surface area contributed by atoms with Crippen molar-refractivity contribution in [3.63, 3.8) is 0 Å². The molecule has 0 aliphatic carbocycles. The molecule has 0 rings (SSSR count). The molecule has 0 N–H and O–H groups in total. The van der Waals surface area contributed by atoms with Crippen LogP contribution in [0.15, 0.2) is 0 Å². The van der Waals surface area contributed by atoms with Crippen LogP contribution in [0.4, 0.5) is 0 Å². The molecule has 0 bridgehead atoms. The molecule has 0 aromatic heterocycles. The van der Waals surface area contributed by atoms with Gasteiger partial charge in [0.15, 0.2) is 0 Å². The Bertz CT molecular complexity index is 231. The molecule has 4 nitrogen and oxygen atoms in total. The summed E-state index contributed by atoms with van der Waals surface area (Å²) in [4.78, 5) is 44.7. The molecule has 0 saturated heterocycles. The molecule has 0 radical (unpaired) electrons. The summed E-state index contributed by atoms with van der Waals surface area (Å²) in [6.07, 6.45) is 0. The van der Waals surface area contributed by atoms with Crippen molar-refractivity contribution in [3.05, 3.63) is 0 Å². The molecule has 0 aromatic carbocycles. The van der Waals surface area contributed by atoms with Crippen molar-refractivity contribution < 1.29 is 32.0 Å². The second-order valence-corrected chi connectivity index (χ2v) is 7.11. The number of hydrogen-bond acceptors (Lipinski definition) is 4. The maximum atomic E-state index is 11.2. The molecule has 0 aliphatic heterocycles. The molecule has 0 atom stereocenters.